The number of hydrogen-bond acceptors (Lipinski definition) is 2. The summed E-state index contributed by atoms with van der Waals surface area (Å²) in [5.41, 5.74) is 2.17. The lowest BCUT2D eigenvalue weighted by atomic mass is 10.2. The molecule has 2 aromatic rings. The number of imidazole rings is 1. The largest absolute Gasteiger partial charge is 0.341 e. The second-order valence-electron chi connectivity index (χ2n) is 4.47. The van der Waals surface area contributed by atoms with Crippen LogP contribution in [0, 0.1) is 0 Å². The molecule has 94 valence electrons. The van der Waals surface area contributed by atoms with Crippen molar-refractivity contribution in [1.82, 2.24) is 14.4 Å². The van der Waals surface area contributed by atoms with Gasteiger partial charge in [-0.2, -0.15) is 0 Å². The van der Waals surface area contributed by atoms with Gasteiger partial charge in [0.05, 0.1) is 17.9 Å². The summed E-state index contributed by atoms with van der Waals surface area (Å²) in [5, 5.41) is 0. The van der Waals surface area contributed by atoms with Gasteiger partial charge in [-0.1, -0.05) is 28.1 Å². The first-order valence-corrected chi connectivity index (χ1v) is 7.10. The highest BCUT2D eigenvalue weighted by molar-refractivity contribution is 9.10. The molecule has 0 unspecified atom stereocenters. The zero-order valence-electron chi connectivity index (χ0n) is 9.74. The number of hydrogen-bond donors (Lipinski definition) is 1. The minimum Gasteiger partial charge on any atom is -0.341 e. The van der Waals surface area contributed by atoms with Crippen molar-refractivity contribution in [3.8, 4) is 11.3 Å². The average Bonchev–Trinajstić information content (AvgIpc) is 2.98. The third kappa shape index (κ3) is 2.32. The molecule has 5 heteroatoms. The summed E-state index contributed by atoms with van der Waals surface area (Å²) >= 11 is 9.59. The number of nitrogens with zero attached hydrogens (tertiary/aromatic N) is 2. The van der Waals surface area contributed by atoms with Crippen LogP contribution in [0.1, 0.15) is 24.7 Å². The van der Waals surface area contributed by atoms with Crippen LogP contribution < -0.4 is 0 Å². The highest BCUT2D eigenvalue weighted by atomic mass is 79.9. The number of nitrogens with one attached hydrogen (secondary N) is 1. The summed E-state index contributed by atoms with van der Waals surface area (Å²) in [4.78, 5) is 7.82. The lowest BCUT2D eigenvalue weighted by Gasteiger charge is -2.13. The van der Waals surface area contributed by atoms with Crippen molar-refractivity contribution in [1.29, 1.82) is 0 Å². The number of rotatable bonds is 2. The first-order chi connectivity index (χ1) is 8.74. The maximum absolute atomic E-state index is 6.16. The van der Waals surface area contributed by atoms with Crippen molar-refractivity contribution in [3.63, 3.8) is 0 Å². The van der Waals surface area contributed by atoms with Crippen molar-refractivity contribution in [2.45, 2.75) is 18.9 Å². The van der Waals surface area contributed by atoms with Crippen LogP contribution in [-0.2, 0) is 0 Å². The standard InChI is InChI=1S/C13H13BrClN3/c14-10-5-3-9(4-6-10)11-8-16-13(17-11)12-2-1-7-18(12)15/h3-6,8,12H,1-2,7H2,(H,16,17)/t12-/m0/s1. The lowest BCUT2D eigenvalue weighted by Crippen LogP contribution is -2.12. The van der Waals surface area contributed by atoms with Gasteiger partial charge in [0, 0.05) is 11.0 Å². The van der Waals surface area contributed by atoms with Gasteiger partial charge >= 0.3 is 0 Å². The quantitative estimate of drug-likeness (QED) is 0.842. The van der Waals surface area contributed by atoms with E-state index in [0.29, 0.717) is 0 Å². The molecule has 1 saturated heterocycles. The first kappa shape index (κ1) is 12.2. The predicted molar refractivity (Wildman–Crippen MR) is 76.3 cm³/mol. The maximum atomic E-state index is 6.16. The van der Waals surface area contributed by atoms with Gasteiger partial charge in [-0.05, 0) is 42.3 Å². The molecule has 0 saturated carbocycles. The van der Waals surface area contributed by atoms with E-state index >= 15 is 0 Å². The average molecular weight is 327 g/mol. The topological polar surface area (TPSA) is 31.9 Å². The van der Waals surface area contributed by atoms with Crippen molar-refractivity contribution >= 4 is 27.7 Å². The zero-order valence-corrected chi connectivity index (χ0v) is 12.1. The van der Waals surface area contributed by atoms with Gasteiger partial charge in [0.25, 0.3) is 0 Å². The van der Waals surface area contributed by atoms with Crippen LogP contribution >= 0.6 is 27.7 Å². The number of benzene rings is 1. The maximum Gasteiger partial charge on any atom is 0.125 e. The molecule has 1 aliphatic rings. The van der Waals surface area contributed by atoms with Crippen molar-refractivity contribution in [2.24, 2.45) is 0 Å². The second-order valence-corrected chi connectivity index (χ2v) is 5.82. The summed E-state index contributed by atoms with van der Waals surface area (Å²) in [5.74, 6) is 0.959. The Morgan fingerprint density at radius 1 is 1.33 bits per heavy atom. The predicted octanol–water partition coefficient (Wildman–Crippen LogP) is 4.13. The molecule has 1 fully saturated rings. The van der Waals surface area contributed by atoms with Crippen LogP contribution in [0.15, 0.2) is 34.9 Å². The fraction of sp³-hybridized carbons (Fsp3) is 0.308. The summed E-state index contributed by atoms with van der Waals surface area (Å²) in [6.45, 7) is 0.931. The van der Waals surface area contributed by atoms with Crippen molar-refractivity contribution in [3.05, 3.63) is 40.8 Å². The molecule has 0 amide bonds. The molecule has 0 aliphatic carbocycles. The molecule has 3 rings (SSSR count). The molecule has 1 aromatic carbocycles. The smallest absolute Gasteiger partial charge is 0.125 e. The minimum absolute atomic E-state index is 0.218. The van der Waals surface area contributed by atoms with Gasteiger partial charge in [0.2, 0.25) is 0 Å². The number of aromatic amines is 1. The van der Waals surface area contributed by atoms with Crippen LogP contribution in [0.25, 0.3) is 11.3 Å². The Labute approximate surface area is 119 Å². The van der Waals surface area contributed by atoms with E-state index in [2.05, 4.69) is 38.0 Å². The molecule has 0 radical (unpaired) electrons. The summed E-state index contributed by atoms with van der Waals surface area (Å²) in [7, 11) is 0. The van der Waals surface area contributed by atoms with E-state index in [4.69, 9.17) is 11.8 Å². The Kier molecular flexibility index (Phi) is 3.41. The van der Waals surface area contributed by atoms with E-state index in [1.54, 1.807) is 0 Å². The van der Waals surface area contributed by atoms with Gasteiger partial charge in [-0.3, -0.25) is 0 Å². The molecule has 1 atom stereocenters. The first-order valence-electron chi connectivity index (χ1n) is 5.97. The van der Waals surface area contributed by atoms with Crippen LogP contribution in [0.4, 0.5) is 0 Å². The van der Waals surface area contributed by atoms with E-state index in [0.717, 1.165) is 40.9 Å². The second kappa shape index (κ2) is 5.03. The summed E-state index contributed by atoms with van der Waals surface area (Å²) in [6, 6.07) is 8.40. The fourth-order valence-corrected chi connectivity index (χ4v) is 2.86. The molecule has 0 spiro atoms. The van der Waals surface area contributed by atoms with Crippen LogP contribution in [0.3, 0.4) is 0 Å². The number of aromatic nitrogens is 2. The number of halogens is 2. The van der Waals surface area contributed by atoms with E-state index in [-0.39, 0.29) is 6.04 Å². The summed E-state index contributed by atoms with van der Waals surface area (Å²) in [6.07, 6.45) is 4.07. The SMILES string of the molecule is ClN1CCC[C@H]1c1ncc(-c2ccc(Br)cc2)[nH]1. The molecule has 3 nitrogen and oxygen atoms in total. The fourth-order valence-electron chi connectivity index (χ4n) is 2.28. The highest BCUT2D eigenvalue weighted by Crippen LogP contribution is 2.32. The zero-order chi connectivity index (χ0) is 12.5. The highest BCUT2D eigenvalue weighted by Gasteiger charge is 2.26. The van der Waals surface area contributed by atoms with E-state index in [9.17, 15) is 0 Å². The van der Waals surface area contributed by atoms with Gasteiger partial charge in [0.15, 0.2) is 0 Å². The Hall–Kier alpha value is -0.840. The van der Waals surface area contributed by atoms with Gasteiger partial charge in [-0.15, -0.1) is 0 Å². The molecule has 1 aromatic heterocycles. The molecular weight excluding hydrogens is 314 g/mol. The van der Waals surface area contributed by atoms with Gasteiger partial charge in [0.1, 0.15) is 5.82 Å². The van der Waals surface area contributed by atoms with E-state index in [1.165, 1.54) is 0 Å². The molecule has 0 bridgehead atoms. The molecule has 1 N–H and O–H groups in total. The molecule has 2 heterocycles. The third-order valence-corrected chi connectivity index (χ3v) is 4.19. The van der Waals surface area contributed by atoms with Crippen molar-refractivity contribution in [2.75, 3.05) is 6.54 Å². The Balaban J connectivity index is 1.87. The van der Waals surface area contributed by atoms with Gasteiger partial charge in [-0.25, -0.2) is 9.40 Å². The summed E-state index contributed by atoms with van der Waals surface area (Å²) < 4.78 is 2.92. The van der Waals surface area contributed by atoms with E-state index < -0.39 is 0 Å². The third-order valence-electron chi connectivity index (χ3n) is 3.25. The van der Waals surface area contributed by atoms with Gasteiger partial charge < -0.3 is 4.98 Å². The monoisotopic (exact) mass is 325 g/mol. The van der Waals surface area contributed by atoms with Crippen LogP contribution in [0.5, 0.6) is 0 Å². The molecule has 18 heavy (non-hydrogen) atoms. The lowest BCUT2D eigenvalue weighted by molar-refractivity contribution is 0.420. The Morgan fingerprint density at radius 2 is 2.11 bits per heavy atom. The van der Waals surface area contributed by atoms with Crippen LogP contribution in [0.2, 0.25) is 0 Å². The number of H-pyrrole nitrogens is 1. The van der Waals surface area contributed by atoms with E-state index in [1.807, 2.05) is 22.7 Å². The van der Waals surface area contributed by atoms with Crippen molar-refractivity contribution < 1.29 is 0 Å². The Morgan fingerprint density at radius 3 is 2.78 bits per heavy atom. The normalized spacial score (nSPS) is 20.4. The Bertz CT molecular complexity index is 537. The minimum atomic E-state index is 0.218. The van der Waals surface area contributed by atoms with Crippen LogP contribution in [-0.4, -0.2) is 20.9 Å². The molecule has 1 aliphatic heterocycles. The molecular formula is C13H13BrClN3.